The van der Waals surface area contributed by atoms with Gasteiger partial charge >= 0.3 is 0 Å². The summed E-state index contributed by atoms with van der Waals surface area (Å²) < 4.78 is 0. The summed E-state index contributed by atoms with van der Waals surface area (Å²) in [4.78, 5) is 16.4. The smallest absolute Gasteiger partial charge is 0.236 e. The van der Waals surface area contributed by atoms with E-state index in [1.54, 1.807) is 0 Å². The van der Waals surface area contributed by atoms with Crippen LogP contribution in [0.25, 0.3) is 0 Å². The number of nitrogens with one attached hydrogen (secondary N) is 1. The van der Waals surface area contributed by atoms with E-state index in [4.69, 9.17) is 0 Å². The molecule has 0 aromatic heterocycles. The van der Waals surface area contributed by atoms with Crippen molar-refractivity contribution >= 4 is 5.91 Å². The van der Waals surface area contributed by atoms with E-state index in [1.165, 1.54) is 0 Å². The van der Waals surface area contributed by atoms with E-state index >= 15 is 0 Å². The Kier molecular flexibility index (Phi) is 6.65. The van der Waals surface area contributed by atoms with Crippen LogP contribution in [-0.4, -0.2) is 61.5 Å². The van der Waals surface area contributed by atoms with Crippen LogP contribution in [0, 0.1) is 5.92 Å². The number of amides is 1. The van der Waals surface area contributed by atoms with Gasteiger partial charge in [-0.2, -0.15) is 0 Å². The maximum atomic E-state index is 12.2. The predicted molar refractivity (Wildman–Crippen MR) is 75.6 cm³/mol. The minimum absolute atomic E-state index is 0.255. The van der Waals surface area contributed by atoms with Crippen molar-refractivity contribution in [3.05, 3.63) is 0 Å². The molecule has 0 aliphatic carbocycles. The van der Waals surface area contributed by atoms with Crippen molar-refractivity contribution in [1.82, 2.24) is 15.1 Å². The van der Waals surface area contributed by atoms with Gasteiger partial charge in [0.25, 0.3) is 0 Å². The molecule has 1 saturated heterocycles. The van der Waals surface area contributed by atoms with Gasteiger partial charge in [-0.3, -0.25) is 9.69 Å². The lowest BCUT2D eigenvalue weighted by Gasteiger charge is -2.29. The third-order valence-corrected chi connectivity index (χ3v) is 3.66. The van der Waals surface area contributed by atoms with Gasteiger partial charge in [0, 0.05) is 26.2 Å². The van der Waals surface area contributed by atoms with Crippen LogP contribution in [0.1, 0.15) is 33.6 Å². The van der Waals surface area contributed by atoms with Crippen molar-refractivity contribution in [2.45, 2.75) is 39.7 Å². The molecule has 1 unspecified atom stereocenters. The number of likely N-dealkylation sites (N-methyl/N-ethyl adjacent to an activating group) is 1. The molecule has 0 radical (unpaired) electrons. The van der Waals surface area contributed by atoms with Gasteiger partial charge in [-0.05, 0) is 38.8 Å². The van der Waals surface area contributed by atoms with E-state index in [-0.39, 0.29) is 5.91 Å². The molecule has 1 rings (SSSR count). The second-order valence-corrected chi connectivity index (χ2v) is 5.86. The standard InChI is InChI=1S/C14H29N3O/c1-12(2)10-13(3)16(4)14(18)11-17-8-5-6-15-7-9-17/h12-13,15H,5-11H2,1-4H3. The molecule has 18 heavy (non-hydrogen) atoms. The maximum absolute atomic E-state index is 12.2. The molecule has 0 bridgehead atoms. The van der Waals surface area contributed by atoms with E-state index < -0.39 is 0 Å². The van der Waals surface area contributed by atoms with E-state index in [1.807, 2.05) is 11.9 Å². The Morgan fingerprint density at radius 1 is 1.28 bits per heavy atom. The van der Waals surface area contributed by atoms with Crippen LogP contribution in [0.3, 0.4) is 0 Å². The van der Waals surface area contributed by atoms with Crippen molar-refractivity contribution in [3.63, 3.8) is 0 Å². The second kappa shape index (κ2) is 7.74. The lowest BCUT2D eigenvalue weighted by Crippen LogP contribution is -2.43. The summed E-state index contributed by atoms with van der Waals surface area (Å²) in [5.41, 5.74) is 0. The molecule has 4 heteroatoms. The average Bonchev–Trinajstić information content (AvgIpc) is 2.55. The molecule has 1 heterocycles. The molecule has 4 nitrogen and oxygen atoms in total. The van der Waals surface area contributed by atoms with Crippen molar-refractivity contribution < 1.29 is 4.79 Å². The monoisotopic (exact) mass is 255 g/mol. The zero-order valence-electron chi connectivity index (χ0n) is 12.4. The average molecular weight is 255 g/mol. The third-order valence-electron chi connectivity index (χ3n) is 3.66. The number of hydrogen-bond acceptors (Lipinski definition) is 3. The highest BCUT2D eigenvalue weighted by Gasteiger charge is 2.19. The SMILES string of the molecule is CC(C)CC(C)N(C)C(=O)CN1CCCNCC1. The highest BCUT2D eigenvalue weighted by atomic mass is 16.2. The predicted octanol–water partition coefficient (Wildman–Crippen LogP) is 1.17. The molecule has 1 atom stereocenters. The van der Waals surface area contributed by atoms with Crippen molar-refractivity contribution in [2.75, 3.05) is 39.8 Å². The molecule has 106 valence electrons. The van der Waals surface area contributed by atoms with Gasteiger partial charge in [0.1, 0.15) is 0 Å². The lowest BCUT2D eigenvalue weighted by molar-refractivity contribution is -0.133. The minimum Gasteiger partial charge on any atom is -0.342 e. The first kappa shape index (κ1) is 15.4. The molecule has 1 fully saturated rings. The third kappa shape index (κ3) is 5.36. The summed E-state index contributed by atoms with van der Waals surface area (Å²) >= 11 is 0. The fraction of sp³-hybridized carbons (Fsp3) is 0.929. The Bertz CT molecular complexity index is 247. The molecular formula is C14H29N3O. The lowest BCUT2D eigenvalue weighted by atomic mass is 10.0. The molecule has 1 N–H and O–H groups in total. The highest BCUT2D eigenvalue weighted by Crippen LogP contribution is 2.10. The Balaban J connectivity index is 2.38. The largest absolute Gasteiger partial charge is 0.342 e. The van der Waals surface area contributed by atoms with E-state index in [0.29, 0.717) is 18.5 Å². The molecule has 1 aliphatic rings. The number of carbonyl (C=O) groups excluding carboxylic acids is 1. The molecule has 0 aromatic rings. The topological polar surface area (TPSA) is 35.6 Å². The van der Waals surface area contributed by atoms with Crippen LogP contribution >= 0.6 is 0 Å². The minimum atomic E-state index is 0.255. The first-order valence-corrected chi connectivity index (χ1v) is 7.19. The Hall–Kier alpha value is -0.610. The molecule has 0 aromatic carbocycles. The number of rotatable bonds is 5. The Labute approximate surface area is 112 Å². The van der Waals surface area contributed by atoms with E-state index in [0.717, 1.165) is 39.0 Å². The Morgan fingerprint density at radius 2 is 2.00 bits per heavy atom. The van der Waals surface area contributed by atoms with E-state index in [2.05, 4.69) is 31.0 Å². The first-order valence-electron chi connectivity index (χ1n) is 7.19. The van der Waals surface area contributed by atoms with Crippen LogP contribution in [-0.2, 0) is 4.79 Å². The van der Waals surface area contributed by atoms with Crippen molar-refractivity contribution in [3.8, 4) is 0 Å². The molecule has 0 saturated carbocycles. The second-order valence-electron chi connectivity index (χ2n) is 5.86. The zero-order chi connectivity index (χ0) is 13.5. The van der Waals surface area contributed by atoms with Crippen LogP contribution in [0.5, 0.6) is 0 Å². The normalized spacial score (nSPS) is 19.6. The summed E-state index contributed by atoms with van der Waals surface area (Å²) in [6.45, 7) is 11.2. The Morgan fingerprint density at radius 3 is 2.67 bits per heavy atom. The van der Waals surface area contributed by atoms with Crippen LogP contribution in [0.15, 0.2) is 0 Å². The van der Waals surface area contributed by atoms with Gasteiger partial charge in [-0.15, -0.1) is 0 Å². The fourth-order valence-corrected chi connectivity index (χ4v) is 2.45. The first-order chi connectivity index (χ1) is 8.50. The van der Waals surface area contributed by atoms with Gasteiger partial charge in [-0.1, -0.05) is 13.8 Å². The molecular weight excluding hydrogens is 226 g/mol. The molecule has 1 aliphatic heterocycles. The summed E-state index contributed by atoms with van der Waals surface area (Å²) in [6.07, 6.45) is 2.21. The van der Waals surface area contributed by atoms with Crippen LogP contribution in [0.4, 0.5) is 0 Å². The molecule has 0 spiro atoms. The van der Waals surface area contributed by atoms with Crippen LogP contribution in [0.2, 0.25) is 0 Å². The number of hydrogen-bond donors (Lipinski definition) is 1. The van der Waals surface area contributed by atoms with Crippen LogP contribution < -0.4 is 5.32 Å². The van der Waals surface area contributed by atoms with Gasteiger partial charge in [0.15, 0.2) is 0 Å². The summed E-state index contributed by atoms with van der Waals surface area (Å²) in [5, 5.41) is 3.36. The van der Waals surface area contributed by atoms with Crippen molar-refractivity contribution in [2.24, 2.45) is 5.92 Å². The van der Waals surface area contributed by atoms with Crippen molar-refractivity contribution in [1.29, 1.82) is 0 Å². The highest BCUT2D eigenvalue weighted by molar-refractivity contribution is 5.78. The number of nitrogens with zero attached hydrogens (tertiary/aromatic N) is 2. The summed E-state index contributed by atoms with van der Waals surface area (Å²) in [5.74, 6) is 0.891. The summed E-state index contributed by atoms with van der Waals surface area (Å²) in [6, 6.07) is 0.336. The maximum Gasteiger partial charge on any atom is 0.236 e. The molecule has 1 amide bonds. The quantitative estimate of drug-likeness (QED) is 0.801. The van der Waals surface area contributed by atoms with Gasteiger partial charge < -0.3 is 10.2 Å². The van der Waals surface area contributed by atoms with Gasteiger partial charge in [0.2, 0.25) is 5.91 Å². The number of carbonyl (C=O) groups is 1. The van der Waals surface area contributed by atoms with E-state index in [9.17, 15) is 4.79 Å². The fourth-order valence-electron chi connectivity index (χ4n) is 2.45. The van der Waals surface area contributed by atoms with Gasteiger partial charge in [-0.25, -0.2) is 0 Å². The van der Waals surface area contributed by atoms with Gasteiger partial charge in [0.05, 0.1) is 6.54 Å². The zero-order valence-corrected chi connectivity index (χ0v) is 12.4. The summed E-state index contributed by atoms with van der Waals surface area (Å²) in [7, 11) is 1.94.